The first-order chi connectivity index (χ1) is 10.4. The molecule has 5 nitrogen and oxygen atoms in total. The Balaban J connectivity index is 1.88. The molecule has 1 aliphatic rings. The molecule has 0 aliphatic carbocycles. The van der Waals surface area contributed by atoms with Crippen LogP contribution in [0, 0.1) is 0 Å². The topological polar surface area (TPSA) is 69.6 Å². The number of nitrogens with one attached hydrogen (secondary N) is 1. The van der Waals surface area contributed by atoms with Crippen LogP contribution in [-0.2, 0) is 22.6 Å². The normalized spacial score (nSPS) is 15.2. The second-order valence-electron chi connectivity index (χ2n) is 6.42. The zero-order valence-electron chi connectivity index (χ0n) is 13.3. The summed E-state index contributed by atoms with van der Waals surface area (Å²) in [4.78, 5) is 24.5. The number of hydrogen-bond donors (Lipinski definition) is 2. The molecular formula is C17H24N2O3. The predicted molar refractivity (Wildman–Crippen MR) is 84.5 cm³/mol. The van der Waals surface area contributed by atoms with Crippen LogP contribution in [-0.4, -0.2) is 40.5 Å². The van der Waals surface area contributed by atoms with Crippen molar-refractivity contribution >= 4 is 11.9 Å². The van der Waals surface area contributed by atoms with Crippen LogP contribution in [0.25, 0.3) is 0 Å². The summed E-state index contributed by atoms with van der Waals surface area (Å²) in [5.41, 5.74) is 2.59. The number of hydrogen-bond acceptors (Lipinski definition) is 3. The summed E-state index contributed by atoms with van der Waals surface area (Å²) < 4.78 is 0. The van der Waals surface area contributed by atoms with Gasteiger partial charge in [-0.15, -0.1) is 0 Å². The fourth-order valence-electron chi connectivity index (χ4n) is 2.75. The molecule has 1 aromatic carbocycles. The molecule has 120 valence electrons. The fourth-order valence-corrected chi connectivity index (χ4v) is 2.75. The summed E-state index contributed by atoms with van der Waals surface area (Å²) in [6, 6.07) is 8.46. The van der Waals surface area contributed by atoms with Crippen LogP contribution >= 0.6 is 0 Å². The predicted octanol–water partition coefficient (Wildman–Crippen LogP) is 1.80. The summed E-state index contributed by atoms with van der Waals surface area (Å²) >= 11 is 0. The highest BCUT2D eigenvalue weighted by molar-refractivity contribution is 5.80. The fraction of sp³-hybridized carbons (Fsp3) is 0.529. The number of rotatable bonds is 6. The summed E-state index contributed by atoms with van der Waals surface area (Å²) in [6.45, 7) is 6.59. The van der Waals surface area contributed by atoms with Crippen LogP contribution in [0.2, 0.25) is 0 Å². The minimum absolute atomic E-state index is 0.0360. The van der Waals surface area contributed by atoms with Gasteiger partial charge in [0.2, 0.25) is 5.91 Å². The van der Waals surface area contributed by atoms with Crippen molar-refractivity contribution in [3.63, 3.8) is 0 Å². The van der Waals surface area contributed by atoms with Gasteiger partial charge in [0.1, 0.15) is 0 Å². The largest absolute Gasteiger partial charge is 0.481 e. The van der Waals surface area contributed by atoms with Crippen molar-refractivity contribution in [3.05, 3.63) is 35.4 Å². The third-order valence-corrected chi connectivity index (χ3v) is 4.27. The number of aliphatic carboxylic acids is 1. The van der Waals surface area contributed by atoms with Crippen LogP contribution in [0.4, 0.5) is 0 Å². The lowest BCUT2D eigenvalue weighted by molar-refractivity contribution is -0.138. The highest BCUT2D eigenvalue weighted by Gasteiger charge is 2.29. The van der Waals surface area contributed by atoms with Crippen LogP contribution in [0.1, 0.15) is 37.8 Å². The van der Waals surface area contributed by atoms with Gasteiger partial charge in [0.05, 0.1) is 6.42 Å². The van der Waals surface area contributed by atoms with Gasteiger partial charge in [-0.1, -0.05) is 24.3 Å². The Kier molecular flexibility index (Phi) is 5.19. The maximum atomic E-state index is 11.7. The molecule has 0 fully saturated rings. The highest BCUT2D eigenvalue weighted by atomic mass is 16.4. The van der Waals surface area contributed by atoms with Crippen LogP contribution < -0.4 is 5.32 Å². The van der Waals surface area contributed by atoms with Gasteiger partial charge in [-0.05, 0) is 31.4 Å². The Morgan fingerprint density at radius 1 is 1.23 bits per heavy atom. The van der Waals surface area contributed by atoms with Crippen molar-refractivity contribution < 1.29 is 14.7 Å². The number of benzene rings is 1. The SMILES string of the molecule is CC(C)(CNC(=O)CCC(=O)O)N1CCc2ccccc2C1. The van der Waals surface area contributed by atoms with E-state index in [1.54, 1.807) is 0 Å². The number of carbonyl (C=O) groups excluding carboxylic acids is 1. The molecule has 1 heterocycles. The van der Waals surface area contributed by atoms with E-state index in [1.165, 1.54) is 11.1 Å². The molecule has 0 unspecified atom stereocenters. The van der Waals surface area contributed by atoms with Crippen molar-refractivity contribution in [3.8, 4) is 0 Å². The first kappa shape index (κ1) is 16.5. The first-order valence-electron chi connectivity index (χ1n) is 7.69. The average Bonchev–Trinajstić information content (AvgIpc) is 2.50. The van der Waals surface area contributed by atoms with E-state index < -0.39 is 5.97 Å². The van der Waals surface area contributed by atoms with E-state index in [0.717, 1.165) is 19.5 Å². The van der Waals surface area contributed by atoms with Gasteiger partial charge in [-0.25, -0.2) is 0 Å². The molecule has 2 N–H and O–H groups in total. The Labute approximate surface area is 131 Å². The summed E-state index contributed by atoms with van der Waals surface area (Å²) in [5, 5.41) is 11.5. The van der Waals surface area contributed by atoms with Crippen LogP contribution in [0.3, 0.4) is 0 Å². The van der Waals surface area contributed by atoms with E-state index in [0.29, 0.717) is 6.54 Å². The van der Waals surface area contributed by atoms with E-state index in [2.05, 4.69) is 48.3 Å². The summed E-state index contributed by atoms with van der Waals surface area (Å²) in [6.07, 6.45) is 0.935. The highest BCUT2D eigenvalue weighted by Crippen LogP contribution is 2.24. The molecule has 0 aromatic heterocycles. The van der Waals surface area contributed by atoms with E-state index in [-0.39, 0.29) is 24.3 Å². The van der Waals surface area contributed by atoms with E-state index >= 15 is 0 Å². The molecule has 5 heteroatoms. The monoisotopic (exact) mass is 304 g/mol. The quantitative estimate of drug-likeness (QED) is 0.841. The number of carbonyl (C=O) groups is 2. The van der Waals surface area contributed by atoms with Gasteiger partial charge in [-0.3, -0.25) is 14.5 Å². The third kappa shape index (κ3) is 4.31. The molecule has 1 aliphatic heterocycles. The van der Waals surface area contributed by atoms with E-state index in [9.17, 15) is 9.59 Å². The summed E-state index contributed by atoms with van der Waals surface area (Å²) in [7, 11) is 0. The van der Waals surface area contributed by atoms with Gasteiger partial charge < -0.3 is 10.4 Å². The zero-order valence-corrected chi connectivity index (χ0v) is 13.3. The lowest BCUT2D eigenvalue weighted by atomic mass is 9.94. The van der Waals surface area contributed by atoms with Crippen molar-refractivity contribution in [1.29, 1.82) is 0 Å². The molecule has 0 atom stereocenters. The van der Waals surface area contributed by atoms with Gasteiger partial charge in [-0.2, -0.15) is 0 Å². The molecule has 22 heavy (non-hydrogen) atoms. The molecule has 1 amide bonds. The third-order valence-electron chi connectivity index (χ3n) is 4.27. The standard InChI is InChI=1S/C17H24N2O3/c1-17(2,12-18-15(20)7-8-16(21)22)19-10-9-13-5-3-4-6-14(13)11-19/h3-6H,7-12H2,1-2H3,(H,18,20)(H,21,22). The smallest absolute Gasteiger partial charge is 0.303 e. The minimum Gasteiger partial charge on any atom is -0.481 e. The van der Waals surface area contributed by atoms with Crippen molar-refractivity contribution in [2.75, 3.05) is 13.1 Å². The Bertz CT molecular complexity index is 555. The van der Waals surface area contributed by atoms with Gasteiger partial charge in [0.15, 0.2) is 0 Å². The Morgan fingerprint density at radius 3 is 2.59 bits per heavy atom. The van der Waals surface area contributed by atoms with Crippen LogP contribution in [0.15, 0.2) is 24.3 Å². The summed E-state index contributed by atoms with van der Waals surface area (Å²) in [5.74, 6) is -1.14. The Morgan fingerprint density at radius 2 is 1.91 bits per heavy atom. The second-order valence-corrected chi connectivity index (χ2v) is 6.42. The average molecular weight is 304 g/mol. The number of fused-ring (bicyclic) bond motifs is 1. The number of carboxylic acid groups (broad SMARTS) is 1. The van der Waals surface area contributed by atoms with Gasteiger partial charge in [0, 0.05) is 31.6 Å². The number of carboxylic acids is 1. The van der Waals surface area contributed by atoms with Gasteiger partial charge in [0.25, 0.3) is 0 Å². The molecular weight excluding hydrogens is 280 g/mol. The molecule has 2 rings (SSSR count). The molecule has 0 bridgehead atoms. The van der Waals surface area contributed by atoms with Crippen molar-refractivity contribution in [2.45, 2.75) is 45.2 Å². The van der Waals surface area contributed by atoms with Crippen molar-refractivity contribution in [1.82, 2.24) is 10.2 Å². The van der Waals surface area contributed by atoms with E-state index in [1.807, 2.05) is 0 Å². The zero-order chi connectivity index (χ0) is 16.2. The molecule has 0 radical (unpaired) electrons. The molecule has 0 saturated carbocycles. The second kappa shape index (κ2) is 6.92. The van der Waals surface area contributed by atoms with Crippen LogP contribution in [0.5, 0.6) is 0 Å². The maximum absolute atomic E-state index is 11.7. The number of amides is 1. The number of nitrogens with zero attached hydrogens (tertiary/aromatic N) is 1. The first-order valence-corrected chi connectivity index (χ1v) is 7.69. The lowest BCUT2D eigenvalue weighted by Crippen LogP contribution is -2.53. The maximum Gasteiger partial charge on any atom is 0.303 e. The molecule has 0 spiro atoms. The van der Waals surface area contributed by atoms with Crippen molar-refractivity contribution in [2.24, 2.45) is 0 Å². The Hall–Kier alpha value is -1.88. The molecule has 0 saturated heterocycles. The van der Waals surface area contributed by atoms with Gasteiger partial charge >= 0.3 is 5.97 Å². The lowest BCUT2D eigenvalue weighted by Gasteiger charge is -2.41. The van der Waals surface area contributed by atoms with E-state index in [4.69, 9.17) is 5.11 Å². The minimum atomic E-state index is -0.943. The molecule has 1 aromatic rings.